The third-order valence-electron chi connectivity index (χ3n) is 2.59. The van der Waals surface area contributed by atoms with E-state index >= 15 is 0 Å². The van der Waals surface area contributed by atoms with Gasteiger partial charge in [-0.2, -0.15) is 0 Å². The van der Waals surface area contributed by atoms with E-state index in [0.717, 1.165) is 11.1 Å². The average Bonchev–Trinajstić information content (AvgIpc) is 2.29. The largest absolute Gasteiger partial charge is 0.456 e. The van der Waals surface area contributed by atoms with Crippen LogP contribution in [0.2, 0.25) is 0 Å². The van der Waals surface area contributed by atoms with Crippen molar-refractivity contribution in [3.63, 3.8) is 0 Å². The number of nitrogens with one attached hydrogen (secondary N) is 1. The lowest BCUT2D eigenvalue weighted by molar-refractivity contribution is -0.147. The molecule has 1 atom stereocenters. The van der Waals surface area contributed by atoms with Crippen LogP contribution in [-0.4, -0.2) is 23.5 Å². The van der Waals surface area contributed by atoms with Crippen LogP contribution in [0.5, 0.6) is 5.75 Å². The SMILES string of the molecule is CC(=O)Oc1cncc2c1CNCC2OC(C)=O. The van der Waals surface area contributed by atoms with Gasteiger partial charge in [-0.3, -0.25) is 14.6 Å². The Morgan fingerprint density at radius 1 is 1.33 bits per heavy atom. The van der Waals surface area contributed by atoms with E-state index in [2.05, 4.69) is 10.3 Å². The molecule has 0 aliphatic carbocycles. The van der Waals surface area contributed by atoms with Crippen LogP contribution in [0.25, 0.3) is 0 Å². The molecule has 0 radical (unpaired) electrons. The minimum Gasteiger partial charge on any atom is -0.456 e. The van der Waals surface area contributed by atoms with E-state index in [1.165, 1.54) is 20.0 Å². The molecule has 18 heavy (non-hydrogen) atoms. The van der Waals surface area contributed by atoms with Crippen LogP contribution in [0.15, 0.2) is 12.4 Å². The second-order valence-corrected chi connectivity index (χ2v) is 4.03. The lowest BCUT2D eigenvalue weighted by Crippen LogP contribution is -2.31. The van der Waals surface area contributed by atoms with Crippen molar-refractivity contribution in [1.82, 2.24) is 10.3 Å². The van der Waals surface area contributed by atoms with Crippen molar-refractivity contribution in [1.29, 1.82) is 0 Å². The molecule has 0 fully saturated rings. The van der Waals surface area contributed by atoms with Gasteiger partial charge in [0.2, 0.25) is 0 Å². The van der Waals surface area contributed by atoms with Gasteiger partial charge in [0.05, 0.1) is 6.20 Å². The summed E-state index contributed by atoms with van der Waals surface area (Å²) in [6, 6.07) is 0. The molecule has 1 unspecified atom stereocenters. The number of esters is 2. The molecule has 0 amide bonds. The van der Waals surface area contributed by atoms with Crippen LogP contribution in [-0.2, 0) is 20.9 Å². The average molecular weight is 250 g/mol. The van der Waals surface area contributed by atoms with E-state index in [1.807, 2.05) is 0 Å². The van der Waals surface area contributed by atoms with Gasteiger partial charge in [0.15, 0.2) is 5.75 Å². The van der Waals surface area contributed by atoms with Crippen LogP contribution in [0, 0.1) is 0 Å². The number of nitrogens with zero attached hydrogens (tertiary/aromatic N) is 1. The van der Waals surface area contributed by atoms with Gasteiger partial charge in [-0.25, -0.2) is 0 Å². The van der Waals surface area contributed by atoms with Gasteiger partial charge in [-0.15, -0.1) is 0 Å². The predicted molar refractivity (Wildman–Crippen MR) is 61.8 cm³/mol. The highest BCUT2D eigenvalue weighted by molar-refractivity contribution is 5.70. The number of aromatic nitrogens is 1. The molecule has 0 spiro atoms. The smallest absolute Gasteiger partial charge is 0.308 e. The van der Waals surface area contributed by atoms with Crippen molar-refractivity contribution in [2.45, 2.75) is 26.5 Å². The second-order valence-electron chi connectivity index (χ2n) is 4.03. The molecule has 0 aromatic carbocycles. The molecular weight excluding hydrogens is 236 g/mol. The van der Waals surface area contributed by atoms with Crippen molar-refractivity contribution in [3.8, 4) is 5.75 Å². The first-order valence-corrected chi connectivity index (χ1v) is 5.61. The Bertz CT molecular complexity index is 487. The first-order chi connectivity index (χ1) is 8.58. The highest BCUT2D eigenvalue weighted by Gasteiger charge is 2.25. The Morgan fingerprint density at radius 3 is 2.78 bits per heavy atom. The van der Waals surface area contributed by atoms with Crippen LogP contribution in [0.4, 0.5) is 0 Å². The fourth-order valence-electron chi connectivity index (χ4n) is 1.94. The van der Waals surface area contributed by atoms with E-state index in [9.17, 15) is 9.59 Å². The predicted octanol–water partition coefficient (Wildman–Crippen LogP) is 0.714. The van der Waals surface area contributed by atoms with Gasteiger partial charge in [0.25, 0.3) is 0 Å². The van der Waals surface area contributed by atoms with E-state index < -0.39 is 12.1 Å². The van der Waals surface area contributed by atoms with Crippen molar-refractivity contribution in [2.75, 3.05) is 6.54 Å². The number of carbonyl (C=O) groups is 2. The molecule has 1 aromatic rings. The molecule has 1 aliphatic rings. The summed E-state index contributed by atoms with van der Waals surface area (Å²) in [4.78, 5) is 26.0. The second kappa shape index (κ2) is 5.14. The monoisotopic (exact) mass is 250 g/mol. The first-order valence-electron chi connectivity index (χ1n) is 5.61. The van der Waals surface area contributed by atoms with Gasteiger partial charge in [0, 0.05) is 44.3 Å². The summed E-state index contributed by atoms with van der Waals surface area (Å²) in [6.45, 7) is 3.77. The van der Waals surface area contributed by atoms with Gasteiger partial charge in [-0.1, -0.05) is 0 Å². The third kappa shape index (κ3) is 2.65. The first kappa shape index (κ1) is 12.5. The zero-order chi connectivity index (χ0) is 13.1. The number of ether oxygens (including phenoxy) is 2. The van der Waals surface area contributed by atoms with E-state index in [4.69, 9.17) is 9.47 Å². The molecule has 2 heterocycles. The number of fused-ring (bicyclic) bond motifs is 1. The van der Waals surface area contributed by atoms with Crippen molar-refractivity contribution in [3.05, 3.63) is 23.5 Å². The van der Waals surface area contributed by atoms with Crippen LogP contribution in [0.3, 0.4) is 0 Å². The number of rotatable bonds is 2. The van der Waals surface area contributed by atoms with Crippen molar-refractivity contribution < 1.29 is 19.1 Å². The van der Waals surface area contributed by atoms with Crippen LogP contribution >= 0.6 is 0 Å². The Labute approximate surface area is 104 Å². The van der Waals surface area contributed by atoms with Crippen LogP contribution in [0.1, 0.15) is 31.1 Å². The minimum absolute atomic E-state index is 0.354. The number of hydrogen-bond donors (Lipinski definition) is 1. The van der Waals surface area contributed by atoms with E-state index in [0.29, 0.717) is 18.8 Å². The Morgan fingerprint density at radius 2 is 2.11 bits per heavy atom. The molecule has 0 saturated heterocycles. The molecule has 0 bridgehead atoms. The molecule has 1 N–H and O–H groups in total. The highest BCUT2D eigenvalue weighted by atomic mass is 16.5. The highest BCUT2D eigenvalue weighted by Crippen LogP contribution is 2.30. The maximum atomic E-state index is 11.0. The number of carbonyl (C=O) groups excluding carboxylic acids is 2. The summed E-state index contributed by atoms with van der Waals surface area (Å²) in [5.74, 6) is -0.350. The molecule has 1 aliphatic heterocycles. The maximum Gasteiger partial charge on any atom is 0.308 e. The normalized spacial score (nSPS) is 17.8. The van der Waals surface area contributed by atoms with Gasteiger partial charge >= 0.3 is 11.9 Å². The van der Waals surface area contributed by atoms with Crippen molar-refractivity contribution in [2.24, 2.45) is 0 Å². The Hall–Kier alpha value is -1.95. The summed E-state index contributed by atoms with van der Waals surface area (Å²) in [6.07, 6.45) is 2.73. The molecule has 2 rings (SSSR count). The van der Waals surface area contributed by atoms with Crippen molar-refractivity contribution >= 4 is 11.9 Å². The number of hydrogen-bond acceptors (Lipinski definition) is 6. The fraction of sp³-hybridized carbons (Fsp3) is 0.417. The summed E-state index contributed by atoms with van der Waals surface area (Å²) in [7, 11) is 0. The fourth-order valence-corrected chi connectivity index (χ4v) is 1.94. The molecule has 1 aromatic heterocycles. The molecule has 6 heteroatoms. The Kier molecular flexibility index (Phi) is 3.57. The quantitative estimate of drug-likeness (QED) is 0.779. The Balaban J connectivity index is 2.33. The van der Waals surface area contributed by atoms with Gasteiger partial charge < -0.3 is 14.8 Å². The maximum absolute atomic E-state index is 11.0. The molecule has 0 saturated carbocycles. The summed E-state index contributed by atoms with van der Waals surface area (Å²) < 4.78 is 10.3. The minimum atomic E-state index is -0.403. The lowest BCUT2D eigenvalue weighted by Gasteiger charge is -2.26. The lowest BCUT2D eigenvalue weighted by atomic mass is 10.0. The zero-order valence-corrected chi connectivity index (χ0v) is 10.2. The van der Waals surface area contributed by atoms with E-state index in [-0.39, 0.29) is 5.97 Å². The molecule has 6 nitrogen and oxygen atoms in total. The molecular formula is C12H14N2O4. The standard InChI is InChI=1S/C12H14N2O4/c1-7(15)17-11-5-13-4-10-9(11)3-14-6-12(10)18-8(2)16/h3,6,11,13H,4-5H2,1-2H3. The zero-order valence-electron chi connectivity index (χ0n) is 10.2. The van der Waals surface area contributed by atoms with Gasteiger partial charge in [-0.05, 0) is 0 Å². The van der Waals surface area contributed by atoms with Gasteiger partial charge in [0.1, 0.15) is 6.10 Å². The summed E-state index contributed by atoms with van der Waals surface area (Å²) in [5, 5.41) is 3.11. The third-order valence-corrected chi connectivity index (χ3v) is 2.59. The summed E-state index contributed by atoms with van der Waals surface area (Å²) >= 11 is 0. The molecule has 96 valence electrons. The topological polar surface area (TPSA) is 77.5 Å². The number of pyridine rings is 1. The van der Waals surface area contributed by atoms with E-state index in [1.54, 1.807) is 6.20 Å². The van der Waals surface area contributed by atoms with Crippen LogP contribution < -0.4 is 10.1 Å². The summed E-state index contributed by atoms with van der Waals surface area (Å²) in [5.41, 5.74) is 1.58.